The van der Waals surface area contributed by atoms with Crippen molar-refractivity contribution >= 4 is 23.6 Å². The Balaban J connectivity index is 1.47. The highest BCUT2D eigenvalue weighted by molar-refractivity contribution is 5.99. The van der Waals surface area contributed by atoms with Gasteiger partial charge in [0.25, 0.3) is 0 Å². The Hall–Kier alpha value is -3.10. The first kappa shape index (κ1) is 20.2. The number of carbonyl (C=O) groups excluding carboxylic acids is 1. The van der Waals surface area contributed by atoms with Crippen LogP contribution in [0.4, 0.5) is 16.2 Å². The third kappa shape index (κ3) is 5.08. The third-order valence-corrected chi connectivity index (χ3v) is 5.13. The lowest BCUT2D eigenvalue weighted by Gasteiger charge is -2.26. The van der Waals surface area contributed by atoms with Gasteiger partial charge in [-0.1, -0.05) is 18.2 Å². The molecule has 0 radical (unpaired) electrons. The summed E-state index contributed by atoms with van der Waals surface area (Å²) in [5.74, 6) is 0.778. The lowest BCUT2D eigenvalue weighted by atomic mass is 10.0. The van der Waals surface area contributed by atoms with Crippen LogP contribution in [0, 0.1) is 0 Å². The predicted octanol–water partition coefficient (Wildman–Crippen LogP) is 3.06. The molecule has 1 fully saturated rings. The van der Waals surface area contributed by atoms with Gasteiger partial charge in [0.15, 0.2) is 0 Å². The molecule has 0 spiro atoms. The molecule has 2 aliphatic heterocycles. The van der Waals surface area contributed by atoms with Crippen LogP contribution in [-0.4, -0.2) is 56.7 Å². The number of para-hydroxylation sites is 1. The number of morpholine rings is 1. The van der Waals surface area contributed by atoms with Gasteiger partial charge in [-0.25, -0.2) is 4.79 Å². The Bertz CT molecular complexity index is 884. The number of benzene rings is 2. The summed E-state index contributed by atoms with van der Waals surface area (Å²) in [4.78, 5) is 12.4. The quantitative estimate of drug-likeness (QED) is 0.683. The number of anilines is 2. The van der Waals surface area contributed by atoms with Gasteiger partial charge < -0.3 is 25.4 Å². The Labute approximate surface area is 176 Å². The highest BCUT2D eigenvalue weighted by Gasteiger charge is 2.24. The van der Waals surface area contributed by atoms with Crippen molar-refractivity contribution in [3.8, 4) is 5.75 Å². The zero-order valence-electron chi connectivity index (χ0n) is 17.0. The molecule has 2 atom stereocenters. The van der Waals surface area contributed by atoms with Gasteiger partial charge in [0.1, 0.15) is 18.5 Å². The van der Waals surface area contributed by atoms with Crippen LogP contribution >= 0.6 is 0 Å². The number of rotatable bonds is 6. The first-order valence-electron chi connectivity index (χ1n) is 10.2. The average Bonchev–Trinajstić information content (AvgIpc) is 3.20. The molecule has 0 aromatic heterocycles. The summed E-state index contributed by atoms with van der Waals surface area (Å²) in [5, 5.41) is 15.3. The van der Waals surface area contributed by atoms with Crippen LogP contribution < -0.4 is 20.7 Å². The predicted molar refractivity (Wildman–Crippen MR) is 117 cm³/mol. The van der Waals surface area contributed by atoms with Gasteiger partial charge in [-0.15, -0.1) is 0 Å². The zero-order valence-corrected chi connectivity index (χ0v) is 17.0. The van der Waals surface area contributed by atoms with Crippen molar-refractivity contribution < 1.29 is 14.3 Å². The topological polar surface area (TPSA) is 87.2 Å². The molecule has 30 heavy (non-hydrogen) atoms. The fraction of sp³-hybridized carbons (Fsp3) is 0.364. The van der Waals surface area contributed by atoms with E-state index in [1.807, 2.05) is 66.8 Å². The van der Waals surface area contributed by atoms with Crippen LogP contribution in [-0.2, 0) is 4.74 Å². The minimum atomic E-state index is -0.293. The first-order chi connectivity index (χ1) is 14.7. The second-order valence-electron chi connectivity index (χ2n) is 7.33. The van der Waals surface area contributed by atoms with Crippen molar-refractivity contribution in [2.75, 3.05) is 44.0 Å². The van der Waals surface area contributed by atoms with Crippen molar-refractivity contribution in [2.24, 2.45) is 5.10 Å². The van der Waals surface area contributed by atoms with Gasteiger partial charge >= 0.3 is 6.03 Å². The van der Waals surface area contributed by atoms with Crippen LogP contribution in [0.1, 0.15) is 18.0 Å². The molecular formula is C22H27N5O3. The molecule has 0 bridgehead atoms. The van der Waals surface area contributed by atoms with E-state index in [-0.39, 0.29) is 18.2 Å². The van der Waals surface area contributed by atoms with E-state index >= 15 is 0 Å². The fourth-order valence-corrected chi connectivity index (χ4v) is 3.58. The molecule has 8 nitrogen and oxygen atoms in total. The van der Waals surface area contributed by atoms with Crippen LogP contribution in [0.25, 0.3) is 0 Å². The molecule has 4 rings (SSSR count). The molecule has 2 aliphatic rings. The number of hydrazone groups is 1. The minimum absolute atomic E-state index is 0.0265. The van der Waals surface area contributed by atoms with Crippen molar-refractivity contribution in [2.45, 2.75) is 18.6 Å². The van der Waals surface area contributed by atoms with Gasteiger partial charge in [-0.3, -0.25) is 5.01 Å². The molecule has 2 unspecified atom stereocenters. The van der Waals surface area contributed by atoms with E-state index in [1.165, 1.54) is 0 Å². The van der Waals surface area contributed by atoms with Crippen LogP contribution in [0.15, 0.2) is 53.6 Å². The number of ether oxygens (including phenoxy) is 2. The second kappa shape index (κ2) is 9.60. The van der Waals surface area contributed by atoms with Crippen LogP contribution in [0.2, 0.25) is 0 Å². The van der Waals surface area contributed by atoms with Gasteiger partial charge in [-0.05, 0) is 30.3 Å². The second-order valence-corrected chi connectivity index (χ2v) is 7.33. The molecule has 3 N–H and O–H groups in total. The van der Waals surface area contributed by atoms with Crippen molar-refractivity contribution in [1.82, 2.24) is 10.3 Å². The molecule has 0 saturated carbocycles. The van der Waals surface area contributed by atoms with E-state index in [1.54, 1.807) is 0 Å². The summed E-state index contributed by atoms with van der Waals surface area (Å²) in [5.41, 5.74) is 2.41. The van der Waals surface area contributed by atoms with E-state index in [0.717, 1.165) is 36.5 Å². The molecule has 2 aromatic carbocycles. The number of nitrogens with one attached hydrogen (secondary N) is 3. The number of urea groups is 1. The van der Waals surface area contributed by atoms with Crippen LogP contribution in [0.3, 0.4) is 0 Å². The van der Waals surface area contributed by atoms with E-state index in [0.29, 0.717) is 18.9 Å². The van der Waals surface area contributed by atoms with E-state index in [9.17, 15) is 4.79 Å². The number of hydrogen-bond donors (Lipinski definition) is 3. The summed E-state index contributed by atoms with van der Waals surface area (Å²) >= 11 is 0. The molecule has 158 valence electrons. The fourth-order valence-electron chi connectivity index (χ4n) is 3.58. The number of carbonyl (C=O) groups is 1. The van der Waals surface area contributed by atoms with Gasteiger partial charge in [0.05, 0.1) is 12.6 Å². The van der Waals surface area contributed by atoms with Crippen LogP contribution in [0.5, 0.6) is 5.75 Å². The third-order valence-electron chi connectivity index (χ3n) is 5.13. The Kier molecular flexibility index (Phi) is 6.46. The van der Waals surface area contributed by atoms with Crippen molar-refractivity contribution in [3.05, 3.63) is 54.1 Å². The maximum absolute atomic E-state index is 12.4. The van der Waals surface area contributed by atoms with E-state index in [4.69, 9.17) is 9.47 Å². The van der Waals surface area contributed by atoms with Crippen molar-refractivity contribution in [3.63, 3.8) is 0 Å². The largest absolute Gasteiger partial charge is 0.490 e. The number of amides is 2. The summed E-state index contributed by atoms with van der Waals surface area (Å²) < 4.78 is 11.8. The summed E-state index contributed by atoms with van der Waals surface area (Å²) in [6.45, 7) is 2.82. The number of hydrogen-bond acceptors (Lipinski definition) is 6. The summed E-state index contributed by atoms with van der Waals surface area (Å²) in [7, 11) is 1.94. The Morgan fingerprint density at radius 2 is 2.07 bits per heavy atom. The highest BCUT2D eigenvalue weighted by atomic mass is 16.5. The Morgan fingerprint density at radius 1 is 1.23 bits per heavy atom. The van der Waals surface area contributed by atoms with Gasteiger partial charge in [0, 0.05) is 49.7 Å². The molecular weight excluding hydrogens is 382 g/mol. The SMILES string of the molecule is CN1N=CCC1c1cc(NC(=O)Nc2ccccc2)ccc1OCC1CNCCO1. The molecule has 2 aromatic rings. The normalized spacial score (nSPS) is 20.8. The molecule has 8 heteroatoms. The molecule has 2 heterocycles. The molecule has 1 saturated heterocycles. The molecule has 2 amide bonds. The minimum Gasteiger partial charge on any atom is -0.490 e. The first-order valence-corrected chi connectivity index (χ1v) is 10.2. The number of nitrogens with zero attached hydrogens (tertiary/aromatic N) is 2. The highest BCUT2D eigenvalue weighted by Crippen LogP contribution is 2.35. The van der Waals surface area contributed by atoms with Gasteiger partial charge in [0.2, 0.25) is 0 Å². The lowest BCUT2D eigenvalue weighted by Crippen LogP contribution is -2.41. The van der Waals surface area contributed by atoms with E-state index < -0.39 is 0 Å². The monoisotopic (exact) mass is 409 g/mol. The maximum atomic E-state index is 12.4. The summed E-state index contributed by atoms with van der Waals surface area (Å²) in [6, 6.07) is 14.8. The van der Waals surface area contributed by atoms with Crippen molar-refractivity contribution in [1.29, 1.82) is 0 Å². The Morgan fingerprint density at radius 3 is 2.80 bits per heavy atom. The maximum Gasteiger partial charge on any atom is 0.323 e. The average molecular weight is 409 g/mol. The molecule has 0 aliphatic carbocycles. The zero-order chi connectivity index (χ0) is 20.8. The standard InChI is InChI=1S/C22H27N5O3/c1-27-20(9-10-24-27)19-13-17(26-22(28)25-16-5-3-2-4-6-16)7-8-21(19)30-15-18-14-23-11-12-29-18/h2-8,10,13,18,20,23H,9,11-12,14-15H2,1H3,(H2,25,26,28). The smallest absolute Gasteiger partial charge is 0.323 e. The van der Waals surface area contributed by atoms with E-state index in [2.05, 4.69) is 21.1 Å². The summed E-state index contributed by atoms with van der Waals surface area (Å²) in [6.07, 6.45) is 2.71. The lowest BCUT2D eigenvalue weighted by molar-refractivity contribution is -0.000204. The van der Waals surface area contributed by atoms with Gasteiger partial charge in [-0.2, -0.15) is 5.10 Å².